The lowest BCUT2D eigenvalue weighted by atomic mass is 10.2. The van der Waals surface area contributed by atoms with Crippen LogP contribution in [0.25, 0.3) is 0 Å². The van der Waals surface area contributed by atoms with Crippen LogP contribution in [0.2, 0.25) is 15.1 Å². The number of anilines is 1. The van der Waals surface area contributed by atoms with Gasteiger partial charge in [-0.05, 0) is 26.0 Å². The van der Waals surface area contributed by atoms with E-state index in [1.54, 1.807) is 12.1 Å². The Morgan fingerprint density at radius 2 is 1.74 bits per heavy atom. The molecule has 0 fully saturated rings. The van der Waals surface area contributed by atoms with Crippen molar-refractivity contribution in [2.75, 3.05) is 5.32 Å². The predicted molar refractivity (Wildman–Crippen MR) is 81.5 cm³/mol. The Balaban J connectivity index is 2.24. The Kier molecular flexibility index (Phi) is 4.29. The number of aryl methyl sites for hydroxylation is 2. The van der Waals surface area contributed by atoms with Gasteiger partial charge in [-0.3, -0.25) is 4.68 Å². The van der Waals surface area contributed by atoms with Gasteiger partial charge in [0.15, 0.2) is 0 Å². The Morgan fingerprint density at radius 3 is 2.21 bits per heavy atom. The fourth-order valence-electron chi connectivity index (χ4n) is 1.96. The molecule has 0 aliphatic heterocycles. The summed E-state index contributed by atoms with van der Waals surface area (Å²) in [5, 5.41) is 9.16. The second kappa shape index (κ2) is 5.61. The van der Waals surface area contributed by atoms with Crippen molar-refractivity contribution in [1.29, 1.82) is 0 Å². The molecule has 0 spiro atoms. The number of hydrogen-bond acceptors (Lipinski definition) is 2. The van der Waals surface area contributed by atoms with Gasteiger partial charge in [0, 0.05) is 29.9 Å². The van der Waals surface area contributed by atoms with Crippen LogP contribution >= 0.6 is 34.8 Å². The topological polar surface area (TPSA) is 29.9 Å². The van der Waals surface area contributed by atoms with E-state index in [0.29, 0.717) is 27.3 Å². The third-order valence-electron chi connectivity index (χ3n) is 3.11. The molecule has 0 aliphatic carbocycles. The van der Waals surface area contributed by atoms with Gasteiger partial charge in [0.1, 0.15) is 0 Å². The Morgan fingerprint density at radius 1 is 1.16 bits per heavy atom. The summed E-state index contributed by atoms with van der Waals surface area (Å²) in [5.41, 5.74) is 3.94. The summed E-state index contributed by atoms with van der Waals surface area (Å²) in [7, 11) is 1.92. The summed E-state index contributed by atoms with van der Waals surface area (Å²) in [5.74, 6) is 0. The lowest BCUT2D eigenvalue weighted by Crippen LogP contribution is -2.03. The second-order valence-corrected chi connectivity index (χ2v) is 5.62. The van der Waals surface area contributed by atoms with E-state index in [1.807, 2.05) is 25.6 Å². The first-order valence-electron chi connectivity index (χ1n) is 5.77. The molecule has 0 bridgehead atoms. The zero-order valence-electron chi connectivity index (χ0n) is 10.9. The fraction of sp³-hybridized carbons (Fsp3) is 0.308. The minimum atomic E-state index is 0.511. The molecule has 1 aromatic carbocycles. The summed E-state index contributed by atoms with van der Waals surface area (Å²) in [4.78, 5) is 0. The molecule has 19 heavy (non-hydrogen) atoms. The molecule has 0 saturated carbocycles. The molecule has 2 aromatic rings. The minimum absolute atomic E-state index is 0.511. The van der Waals surface area contributed by atoms with Crippen LogP contribution in [0.15, 0.2) is 12.1 Å². The van der Waals surface area contributed by atoms with Crippen LogP contribution in [0.4, 0.5) is 5.69 Å². The van der Waals surface area contributed by atoms with E-state index in [-0.39, 0.29) is 0 Å². The molecule has 2 rings (SSSR count). The number of aromatic nitrogens is 2. The highest BCUT2D eigenvalue weighted by Gasteiger charge is 2.12. The zero-order chi connectivity index (χ0) is 14.2. The van der Waals surface area contributed by atoms with Crippen LogP contribution in [0.3, 0.4) is 0 Å². The molecule has 0 aliphatic rings. The highest BCUT2D eigenvalue weighted by atomic mass is 35.5. The van der Waals surface area contributed by atoms with Crippen molar-refractivity contribution < 1.29 is 0 Å². The molecule has 1 N–H and O–H groups in total. The van der Waals surface area contributed by atoms with Gasteiger partial charge in [-0.1, -0.05) is 34.8 Å². The van der Waals surface area contributed by atoms with Gasteiger partial charge in [-0.15, -0.1) is 0 Å². The van der Waals surface area contributed by atoms with Gasteiger partial charge in [0.2, 0.25) is 0 Å². The monoisotopic (exact) mass is 317 g/mol. The van der Waals surface area contributed by atoms with E-state index in [0.717, 1.165) is 17.0 Å². The quantitative estimate of drug-likeness (QED) is 0.895. The largest absolute Gasteiger partial charge is 0.378 e. The average Bonchev–Trinajstić information content (AvgIpc) is 2.53. The van der Waals surface area contributed by atoms with Crippen LogP contribution < -0.4 is 5.32 Å². The van der Waals surface area contributed by atoms with Crippen molar-refractivity contribution in [1.82, 2.24) is 9.78 Å². The van der Waals surface area contributed by atoms with E-state index >= 15 is 0 Å². The van der Waals surface area contributed by atoms with Gasteiger partial charge in [0.25, 0.3) is 0 Å². The lowest BCUT2D eigenvalue weighted by Gasteiger charge is -2.11. The maximum absolute atomic E-state index is 6.13. The third-order valence-corrected chi connectivity index (χ3v) is 3.92. The van der Waals surface area contributed by atoms with Gasteiger partial charge in [0.05, 0.1) is 21.4 Å². The minimum Gasteiger partial charge on any atom is -0.378 e. The second-order valence-electron chi connectivity index (χ2n) is 4.37. The summed E-state index contributed by atoms with van der Waals surface area (Å²) >= 11 is 18.2. The standard InChI is InChI=1S/C13H14Cl3N3/c1-7-10(8(2)19(3)18-7)6-17-13-11(15)4-9(14)5-12(13)16/h4-5,17H,6H2,1-3H3. The first kappa shape index (κ1) is 14.5. The maximum atomic E-state index is 6.13. The van der Waals surface area contributed by atoms with Crippen LogP contribution in [-0.4, -0.2) is 9.78 Å². The van der Waals surface area contributed by atoms with E-state index in [1.165, 1.54) is 0 Å². The van der Waals surface area contributed by atoms with Crippen molar-refractivity contribution in [3.63, 3.8) is 0 Å². The molecular formula is C13H14Cl3N3. The number of rotatable bonds is 3. The number of benzene rings is 1. The normalized spacial score (nSPS) is 10.8. The van der Waals surface area contributed by atoms with E-state index in [2.05, 4.69) is 10.4 Å². The summed E-state index contributed by atoms with van der Waals surface area (Å²) < 4.78 is 1.86. The van der Waals surface area contributed by atoms with Crippen molar-refractivity contribution in [3.05, 3.63) is 44.2 Å². The van der Waals surface area contributed by atoms with Crippen molar-refractivity contribution in [2.24, 2.45) is 7.05 Å². The third kappa shape index (κ3) is 2.99. The first-order valence-corrected chi connectivity index (χ1v) is 6.91. The fourth-order valence-corrected chi connectivity index (χ4v) is 2.91. The van der Waals surface area contributed by atoms with Crippen LogP contribution in [0.1, 0.15) is 17.0 Å². The molecule has 1 aromatic heterocycles. The number of nitrogens with zero attached hydrogens (tertiary/aromatic N) is 2. The van der Waals surface area contributed by atoms with Crippen LogP contribution in [0.5, 0.6) is 0 Å². The van der Waals surface area contributed by atoms with Crippen LogP contribution in [0, 0.1) is 13.8 Å². The predicted octanol–water partition coefficient (Wildman–Crippen LogP) is 4.61. The SMILES string of the molecule is Cc1nn(C)c(C)c1CNc1c(Cl)cc(Cl)cc1Cl. The average molecular weight is 319 g/mol. The molecule has 6 heteroatoms. The Hall–Kier alpha value is -0.900. The van der Waals surface area contributed by atoms with Gasteiger partial charge in [-0.25, -0.2) is 0 Å². The number of halogens is 3. The molecule has 0 amide bonds. The molecule has 0 radical (unpaired) electrons. The Bertz CT molecular complexity index is 597. The molecule has 102 valence electrons. The first-order chi connectivity index (χ1) is 8.90. The van der Waals surface area contributed by atoms with Crippen molar-refractivity contribution in [3.8, 4) is 0 Å². The van der Waals surface area contributed by atoms with Crippen LogP contribution in [-0.2, 0) is 13.6 Å². The molecular weight excluding hydrogens is 305 g/mol. The maximum Gasteiger partial charge on any atom is 0.0722 e. The summed E-state index contributed by atoms with van der Waals surface area (Å²) in [6.07, 6.45) is 0. The number of nitrogens with one attached hydrogen (secondary N) is 1. The van der Waals surface area contributed by atoms with E-state index < -0.39 is 0 Å². The lowest BCUT2D eigenvalue weighted by molar-refractivity contribution is 0.730. The summed E-state index contributed by atoms with van der Waals surface area (Å²) in [6.45, 7) is 4.63. The number of hydrogen-bond donors (Lipinski definition) is 1. The molecule has 0 saturated heterocycles. The van der Waals surface area contributed by atoms with Crippen molar-refractivity contribution in [2.45, 2.75) is 20.4 Å². The van der Waals surface area contributed by atoms with E-state index in [9.17, 15) is 0 Å². The molecule has 3 nitrogen and oxygen atoms in total. The van der Waals surface area contributed by atoms with Gasteiger partial charge in [-0.2, -0.15) is 5.10 Å². The zero-order valence-corrected chi connectivity index (χ0v) is 13.2. The molecule has 0 unspecified atom stereocenters. The molecule has 0 atom stereocenters. The Labute approximate surface area is 127 Å². The van der Waals surface area contributed by atoms with E-state index in [4.69, 9.17) is 34.8 Å². The van der Waals surface area contributed by atoms with Gasteiger partial charge >= 0.3 is 0 Å². The molecule has 1 heterocycles. The van der Waals surface area contributed by atoms with Crippen molar-refractivity contribution >= 4 is 40.5 Å². The highest BCUT2D eigenvalue weighted by molar-refractivity contribution is 6.41. The smallest absolute Gasteiger partial charge is 0.0722 e. The van der Waals surface area contributed by atoms with Gasteiger partial charge < -0.3 is 5.32 Å². The highest BCUT2D eigenvalue weighted by Crippen LogP contribution is 2.34. The summed E-state index contributed by atoms with van der Waals surface area (Å²) in [6, 6.07) is 3.33.